The summed E-state index contributed by atoms with van der Waals surface area (Å²) in [5.41, 5.74) is 2.59. The number of carbonyl (C=O) groups excluding carboxylic acids is 1. The second-order valence-electron chi connectivity index (χ2n) is 9.65. The molecule has 148 valence electrons. The van der Waals surface area contributed by atoms with Gasteiger partial charge in [-0.1, -0.05) is 32.9 Å². The Kier molecular flexibility index (Phi) is 4.06. The molecular weight excluding hydrogens is 348 g/mol. The molecule has 3 aliphatic rings. The van der Waals surface area contributed by atoms with Gasteiger partial charge in [0.05, 0.1) is 11.6 Å². The van der Waals surface area contributed by atoms with Gasteiger partial charge < -0.3 is 10.1 Å². The number of hydrogen-bond donors (Lipinski definition) is 1. The van der Waals surface area contributed by atoms with Gasteiger partial charge in [0.2, 0.25) is 5.91 Å². The lowest BCUT2D eigenvalue weighted by Gasteiger charge is -2.53. The van der Waals surface area contributed by atoms with Gasteiger partial charge >= 0.3 is 0 Å². The van der Waals surface area contributed by atoms with E-state index in [1.807, 2.05) is 19.2 Å². The van der Waals surface area contributed by atoms with Crippen LogP contribution in [0.25, 0.3) is 10.9 Å². The number of carbonyl (C=O) groups is 1. The van der Waals surface area contributed by atoms with Gasteiger partial charge in [0.15, 0.2) is 0 Å². The minimum absolute atomic E-state index is 0.112. The first-order valence-electron chi connectivity index (χ1n) is 10.7. The lowest BCUT2D eigenvalue weighted by atomic mass is 9.59. The van der Waals surface area contributed by atoms with Crippen LogP contribution in [-0.2, 0) is 9.53 Å². The molecule has 5 atom stereocenters. The quantitative estimate of drug-likeness (QED) is 0.846. The molecule has 2 heterocycles. The Labute approximate surface area is 167 Å². The highest BCUT2D eigenvalue weighted by molar-refractivity contribution is 5.79. The molecule has 4 heteroatoms. The van der Waals surface area contributed by atoms with Gasteiger partial charge in [-0.15, -0.1) is 0 Å². The number of benzene rings is 1. The van der Waals surface area contributed by atoms with Crippen molar-refractivity contribution in [3.63, 3.8) is 0 Å². The lowest BCUT2D eigenvalue weighted by Crippen LogP contribution is -2.58. The number of nitrogens with zero attached hydrogens (tertiary/aromatic N) is 1. The monoisotopic (exact) mass is 378 g/mol. The molecule has 3 fully saturated rings. The van der Waals surface area contributed by atoms with Crippen LogP contribution in [0.4, 0.5) is 0 Å². The Bertz CT molecular complexity index is 924. The summed E-state index contributed by atoms with van der Waals surface area (Å²) in [5, 5.41) is 4.61. The maximum atomic E-state index is 12.4. The van der Waals surface area contributed by atoms with E-state index < -0.39 is 0 Å². The number of aromatic nitrogens is 1. The number of pyridine rings is 1. The minimum atomic E-state index is 0.112. The van der Waals surface area contributed by atoms with Crippen molar-refractivity contribution in [1.82, 2.24) is 10.3 Å². The van der Waals surface area contributed by atoms with Gasteiger partial charge in [-0.2, -0.15) is 0 Å². The number of rotatable bonds is 3. The molecule has 2 aromatic rings. The largest absolute Gasteiger partial charge is 0.373 e. The molecule has 2 saturated carbocycles. The van der Waals surface area contributed by atoms with E-state index in [1.165, 1.54) is 23.8 Å². The molecule has 1 spiro atoms. The van der Waals surface area contributed by atoms with Gasteiger partial charge in [-0.3, -0.25) is 9.78 Å². The fraction of sp³-hybridized carbons (Fsp3) is 0.583. The van der Waals surface area contributed by atoms with Crippen LogP contribution < -0.4 is 5.32 Å². The van der Waals surface area contributed by atoms with Crippen LogP contribution in [0.2, 0.25) is 0 Å². The van der Waals surface area contributed by atoms with E-state index in [4.69, 9.17) is 4.74 Å². The van der Waals surface area contributed by atoms with E-state index in [9.17, 15) is 4.79 Å². The van der Waals surface area contributed by atoms with Crippen molar-refractivity contribution in [3.8, 4) is 0 Å². The molecule has 2 bridgehead atoms. The fourth-order valence-electron chi connectivity index (χ4n) is 6.65. The SMILES string of the molecule is CCC(=O)N[C@H]1C(C)(C)[C@@H]2C[C@@H]3[C@@H](c4ccc5ncccc5c4)OCCC31C2. The molecule has 28 heavy (non-hydrogen) atoms. The molecule has 1 aromatic heterocycles. The minimum Gasteiger partial charge on any atom is -0.373 e. The van der Waals surface area contributed by atoms with Crippen LogP contribution in [0.3, 0.4) is 0 Å². The summed E-state index contributed by atoms with van der Waals surface area (Å²) in [7, 11) is 0. The highest BCUT2D eigenvalue weighted by atomic mass is 16.5. The third kappa shape index (κ3) is 2.46. The Hall–Kier alpha value is -1.94. The van der Waals surface area contributed by atoms with Crippen LogP contribution in [0.15, 0.2) is 36.5 Å². The van der Waals surface area contributed by atoms with E-state index >= 15 is 0 Å². The standard InChI is InChI=1S/C24H30N2O2/c1-4-20(27)26-22-23(2,3)17-13-18-21(28-11-9-24(18,22)14-17)16-7-8-19-15(12-16)6-5-10-25-19/h5-8,10,12,17-18,21-22H,4,9,11,13-14H2,1-3H3,(H,26,27)/t17-,18-,21-,22+,24?/m1/s1. The zero-order valence-electron chi connectivity index (χ0n) is 17.1. The normalized spacial score (nSPS) is 35.7. The molecule has 1 aliphatic heterocycles. The van der Waals surface area contributed by atoms with Crippen molar-refractivity contribution in [2.75, 3.05) is 6.61 Å². The summed E-state index contributed by atoms with van der Waals surface area (Å²) < 4.78 is 6.39. The summed E-state index contributed by atoms with van der Waals surface area (Å²) in [5.74, 6) is 1.29. The number of ether oxygens (including phenoxy) is 1. The Morgan fingerprint density at radius 2 is 2.18 bits per heavy atom. The fourth-order valence-corrected chi connectivity index (χ4v) is 6.65. The number of fused-ring (bicyclic) bond motifs is 2. The number of nitrogens with one attached hydrogen (secondary N) is 1. The molecular formula is C24H30N2O2. The number of hydrogen-bond acceptors (Lipinski definition) is 3. The van der Waals surface area contributed by atoms with Crippen molar-refractivity contribution in [3.05, 3.63) is 42.1 Å². The van der Waals surface area contributed by atoms with Crippen molar-refractivity contribution in [2.45, 2.75) is 58.6 Å². The summed E-state index contributed by atoms with van der Waals surface area (Å²) in [6.07, 6.45) is 5.97. The van der Waals surface area contributed by atoms with Crippen molar-refractivity contribution in [1.29, 1.82) is 0 Å². The van der Waals surface area contributed by atoms with Crippen molar-refractivity contribution >= 4 is 16.8 Å². The molecule has 1 amide bonds. The van der Waals surface area contributed by atoms with Gasteiger partial charge in [0.1, 0.15) is 0 Å². The molecule has 1 unspecified atom stereocenters. The second kappa shape index (κ2) is 6.28. The molecule has 1 aromatic carbocycles. The predicted octanol–water partition coefficient (Wildman–Crippen LogP) is 4.64. The number of amides is 1. The van der Waals surface area contributed by atoms with Gasteiger partial charge in [0, 0.05) is 30.7 Å². The predicted molar refractivity (Wildman–Crippen MR) is 110 cm³/mol. The first-order valence-corrected chi connectivity index (χ1v) is 10.7. The average molecular weight is 379 g/mol. The smallest absolute Gasteiger partial charge is 0.219 e. The van der Waals surface area contributed by atoms with E-state index in [1.54, 1.807) is 0 Å². The van der Waals surface area contributed by atoms with Gasteiger partial charge in [-0.25, -0.2) is 0 Å². The van der Waals surface area contributed by atoms with Crippen LogP contribution >= 0.6 is 0 Å². The maximum absolute atomic E-state index is 12.4. The van der Waals surface area contributed by atoms with Crippen LogP contribution in [0.1, 0.15) is 58.1 Å². The van der Waals surface area contributed by atoms with Crippen LogP contribution in [0.5, 0.6) is 0 Å². The zero-order chi connectivity index (χ0) is 19.5. The summed E-state index contributed by atoms with van der Waals surface area (Å²) in [4.78, 5) is 16.8. The zero-order valence-corrected chi connectivity index (χ0v) is 17.1. The van der Waals surface area contributed by atoms with Gasteiger partial charge in [0.25, 0.3) is 0 Å². The summed E-state index contributed by atoms with van der Waals surface area (Å²) >= 11 is 0. The first kappa shape index (κ1) is 18.1. The third-order valence-electron chi connectivity index (χ3n) is 8.09. The van der Waals surface area contributed by atoms with Crippen LogP contribution in [0, 0.1) is 22.7 Å². The maximum Gasteiger partial charge on any atom is 0.219 e. The topological polar surface area (TPSA) is 51.2 Å². The molecule has 5 rings (SSSR count). The van der Waals surface area contributed by atoms with E-state index in [2.05, 4.69) is 48.4 Å². The third-order valence-corrected chi connectivity index (χ3v) is 8.09. The molecule has 1 N–H and O–H groups in total. The highest BCUT2D eigenvalue weighted by Crippen LogP contribution is 2.70. The molecule has 2 aliphatic carbocycles. The first-order chi connectivity index (χ1) is 13.5. The van der Waals surface area contributed by atoms with E-state index in [-0.39, 0.29) is 28.9 Å². The Morgan fingerprint density at radius 1 is 1.32 bits per heavy atom. The highest BCUT2D eigenvalue weighted by Gasteiger charge is 2.68. The summed E-state index contributed by atoms with van der Waals surface area (Å²) in [6, 6.07) is 10.9. The van der Waals surface area contributed by atoms with Gasteiger partial charge in [-0.05, 0) is 65.7 Å². The van der Waals surface area contributed by atoms with E-state index in [0.717, 1.165) is 18.5 Å². The second-order valence-corrected chi connectivity index (χ2v) is 9.65. The van der Waals surface area contributed by atoms with Crippen molar-refractivity contribution < 1.29 is 9.53 Å². The van der Waals surface area contributed by atoms with Crippen molar-refractivity contribution in [2.24, 2.45) is 22.7 Å². The average Bonchev–Trinajstić information content (AvgIpc) is 3.20. The molecule has 1 saturated heterocycles. The Morgan fingerprint density at radius 3 is 3.00 bits per heavy atom. The molecule has 4 nitrogen and oxygen atoms in total. The summed E-state index contributed by atoms with van der Waals surface area (Å²) in [6.45, 7) is 7.43. The van der Waals surface area contributed by atoms with E-state index in [0.29, 0.717) is 18.3 Å². The lowest BCUT2D eigenvalue weighted by molar-refractivity contribution is -0.137. The Balaban J connectivity index is 1.52. The van der Waals surface area contributed by atoms with Crippen LogP contribution in [-0.4, -0.2) is 23.5 Å². The molecule has 0 radical (unpaired) electrons.